The normalized spacial score (nSPS) is 20.0. The number of carbonyl (C=O) groups is 4. The van der Waals surface area contributed by atoms with Crippen molar-refractivity contribution < 1.29 is 24.3 Å². The molecule has 0 aliphatic carbocycles. The number of hydrogen-bond acceptors (Lipinski definition) is 4. The van der Waals surface area contributed by atoms with Crippen LogP contribution in [0.1, 0.15) is 101 Å². The summed E-state index contributed by atoms with van der Waals surface area (Å²) < 4.78 is 0. The summed E-state index contributed by atoms with van der Waals surface area (Å²) in [5.41, 5.74) is -2.62. The second-order valence-electron chi connectivity index (χ2n) is 12.1. The largest absolute Gasteiger partial charge is 0.481 e. The van der Waals surface area contributed by atoms with Crippen LogP contribution in [0.4, 0.5) is 0 Å². The Balaban J connectivity index is 2.86. The second kappa shape index (κ2) is 9.52. The first-order valence-corrected chi connectivity index (χ1v) is 11.7. The lowest BCUT2D eigenvalue weighted by atomic mass is 9.71. The van der Waals surface area contributed by atoms with Gasteiger partial charge >= 0.3 is 5.97 Å². The predicted octanol–water partition coefficient (Wildman–Crippen LogP) is 4.39. The molecule has 7 nitrogen and oxygen atoms in total. The zero-order valence-electron chi connectivity index (χ0n) is 21.7. The van der Waals surface area contributed by atoms with Crippen molar-refractivity contribution >= 4 is 23.7 Å². The van der Waals surface area contributed by atoms with Crippen LogP contribution in [-0.4, -0.2) is 44.8 Å². The van der Waals surface area contributed by atoms with E-state index in [2.05, 4.69) is 5.32 Å². The highest BCUT2D eigenvalue weighted by Crippen LogP contribution is 2.42. The molecular weight excluding hydrogens is 408 g/mol. The number of amides is 3. The summed E-state index contributed by atoms with van der Waals surface area (Å²) in [5, 5.41) is 12.8. The van der Waals surface area contributed by atoms with Crippen LogP contribution in [0.2, 0.25) is 0 Å². The average molecular weight is 453 g/mol. The van der Waals surface area contributed by atoms with Crippen molar-refractivity contribution in [2.75, 3.05) is 0 Å². The van der Waals surface area contributed by atoms with E-state index in [0.717, 1.165) is 0 Å². The van der Waals surface area contributed by atoms with Gasteiger partial charge in [-0.15, -0.1) is 0 Å². The van der Waals surface area contributed by atoms with Gasteiger partial charge in [0.1, 0.15) is 0 Å². The molecule has 3 amide bonds. The van der Waals surface area contributed by atoms with E-state index in [9.17, 15) is 24.3 Å². The van der Waals surface area contributed by atoms with Crippen LogP contribution in [0.3, 0.4) is 0 Å². The smallest absolute Gasteiger partial charge is 0.310 e. The van der Waals surface area contributed by atoms with Gasteiger partial charge in [-0.2, -0.15) is 0 Å². The van der Waals surface area contributed by atoms with Gasteiger partial charge in [-0.25, -0.2) is 0 Å². The number of aliphatic carboxylic acids is 1. The van der Waals surface area contributed by atoms with Gasteiger partial charge in [-0.05, 0) is 65.2 Å². The summed E-state index contributed by atoms with van der Waals surface area (Å²) in [6.45, 7) is 18.9. The van der Waals surface area contributed by atoms with Crippen molar-refractivity contribution in [3.63, 3.8) is 0 Å². The fourth-order valence-corrected chi connectivity index (χ4v) is 4.74. The number of likely N-dealkylation sites (tertiary alicyclic amines) is 1. The Hall–Kier alpha value is -1.92. The molecule has 184 valence electrons. The number of carboxylic acids is 1. The number of nitrogens with one attached hydrogen (secondary N) is 1. The van der Waals surface area contributed by atoms with E-state index in [1.165, 1.54) is 4.90 Å². The van der Waals surface area contributed by atoms with E-state index >= 15 is 0 Å². The highest BCUT2D eigenvalue weighted by atomic mass is 16.4. The molecule has 1 aliphatic rings. The molecule has 32 heavy (non-hydrogen) atoms. The van der Waals surface area contributed by atoms with Crippen LogP contribution < -0.4 is 5.32 Å². The summed E-state index contributed by atoms with van der Waals surface area (Å²) in [7, 11) is 0. The van der Waals surface area contributed by atoms with Crippen LogP contribution in [0.15, 0.2) is 0 Å². The second-order valence-corrected chi connectivity index (χ2v) is 12.1. The third kappa shape index (κ3) is 6.10. The summed E-state index contributed by atoms with van der Waals surface area (Å²) in [4.78, 5) is 51.6. The first kappa shape index (κ1) is 28.1. The standard InChI is InChI=1S/C25H44N2O5/c1-11-25(16(2)3,21(31)32)15-18(28)26-24(9,10)13-12-23(7,8)17-14-19(29)27(20(17)30)22(4,5)6/h16-17H,11-15H2,1-10H3,(H,26,28)(H,31,32). The number of carboxylic acid groups (broad SMARTS) is 1. The monoisotopic (exact) mass is 452 g/mol. The Labute approximate surface area is 193 Å². The molecule has 2 unspecified atom stereocenters. The van der Waals surface area contributed by atoms with Gasteiger partial charge in [0.05, 0.1) is 11.3 Å². The van der Waals surface area contributed by atoms with Gasteiger partial charge in [-0.1, -0.05) is 34.6 Å². The maximum atomic E-state index is 13.0. The molecule has 0 saturated carbocycles. The van der Waals surface area contributed by atoms with E-state index in [0.29, 0.717) is 19.3 Å². The van der Waals surface area contributed by atoms with Crippen LogP contribution in [0.5, 0.6) is 0 Å². The Bertz CT molecular complexity index is 748. The highest BCUT2D eigenvalue weighted by molar-refractivity contribution is 6.04. The molecule has 0 aromatic rings. The Morgan fingerprint density at radius 2 is 1.59 bits per heavy atom. The molecule has 0 aromatic carbocycles. The molecule has 0 bridgehead atoms. The molecule has 2 atom stereocenters. The number of hydrogen-bond donors (Lipinski definition) is 2. The Morgan fingerprint density at radius 3 is 1.97 bits per heavy atom. The van der Waals surface area contributed by atoms with E-state index in [-0.39, 0.29) is 42.4 Å². The fourth-order valence-electron chi connectivity index (χ4n) is 4.74. The zero-order chi connectivity index (χ0) is 25.3. The number of rotatable bonds is 10. The summed E-state index contributed by atoms with van der Waals surface area (Å²) in [6, 6.07) is 0. The van der Waals surface area contributed by atoms with Crippen molar-refractivity contribution in [1.29, 1.82) is 0 Å². The Morgan fingerprint density at radius 1 is 1.06 bits per heavy atom. The minimum atomic E-state index is -1.09. The average Bonchev–Trinajstić information content (AvgIpc) is 2.92. The van der Waals surface area contributed by atoms with Crippen molar-refractivity contribution in [2.24, 2.45) is 22.7 Å². The van der Waals surface area contributed by atoms with Crippen molar-refractivity contribution in [2.45, 2.75) is 112 Å². The maximum Gasteiger partial charge on any atom is 0.310 e. The maximum absolute atomic E-state index is 13.0. The molecule has 0 radical (unpaired) electrons. The first-order valence-electron chi connectivity index (χ1n) is 11.7. The third-order valence-electron chi connectivity index (χ3n) is 7.27. The molecule has 1 aliphatic heterocycles. The summed E-state index contributed by atoms with van der Waals surface area (Å²) >= 11 is 0. The first-order chi connectivity index (χ1) is 14.3. The lowest BCUT2D eigenvalue weighted by molar-refractivity contribution is -0.155. The molecule has 0 spiro atoms. The van der Waals surface area contributed by atoms with E-state index in [1.807, 2.05) is 62.3 Å². The zero-order valence-corrected chi connectivity index (χ0v) is 21.7. The number of carbonyl (C=O) groups excluding carboxylic acids is 3. The quantitative estimate of drug-likeness (QED) is 0.479. The van der Waals surface area contributed by atoms with Gasteiger partial charge in [0.15, 0.2) is 0 Å². The van der Waals surface area contributed by atoms with Gasteiger partial charge in [-0.3, -0.25) is 24.1 Å². The Kier molecular flexibility index (Phi) is 8.36. The van der Waals surface area contributed by atoms with Gasteiger partial charge in [0.25, 0.3) is 0 Å². The molecule has 2 N–H and O–H groups in total. The van der Waals surface area contributed by atoms with Crippen molar-refractivity contribution in [3.8, 4) is 0 Å². The van der Waals surface area contributed by atoms with Crippen LogP contribution in [0, 0.1) is 22.7 Å². The van der Waals surface area contributed by atoms with Crippen LogP contribution in [0.25, 0.3) is 0 Å². The minimum Gasteiger partial charge on any atom is -0.481 e. The molecule has 1 saturated heterocycles. The third-order valence-corrected chi connectivity index (χ3v) is 7.27. The molecule has 1 heterocycles. The molecule has 7 heteroatoms. The molecule has 1 rings (SSSR count). The predicted molar refractivity (Wildman–Crippen MR) is 125 cm³/mol. The van der Waals surface area contributed by atoms with Gasteiger partial charge in [0, 0.05) is 23.9 Å². The summed E-state index contributed by atoms with van der Waals surface area (Å²) in [6.07, 6.45) is 1.77. The van der Waals surface area contributed by atoms with E-state index in [1.54, 1.807) is 6.92 Å². The topological polar surface area (TPSA) is 104 Å². The van der Waals surface area contributed by atoms with E-state index < -0.39 is 27.9 Å². The van der Waals surface area contributed by atoms with Gasteiger partial charge < -0.3 is 10.4 Å². The fraction of sp³-hybridized carbons (Fsp3) is 0.840. The summed E-state index contributed by atoms with van der Waals surface area (Å²) in [5.74, 6) is -2.04. The SMILES string of the molecule is CCC(CC(=O)NC(C)(C)CCC(C)(C)C1CC(=O)N(C(C)(C)C)C1=O)(C(=O)O)C(C)C. The van der Waals surface area contributed by atoms with Gasteiger partial charge in [0.2, 0.25) is 17.7 Å². The number of nitrogens with zero attached hydrogens (tertiary/aromatic N) is 1. The lowest BCUT2D eigenvalue weighted by Gasteiger charge is -2.37. The molecule has 0 aromatic heterocycles. The minimum absolute atomic E-state index is 0.0700. The number of imide groups is 1. The van der Waals surface area contributed by atoms with Crippen molar-refractivity contribution in [1.82, 2.24) is 10.2 Å². The van der Waals surface area contributed by atoms with Crippen LogP contribution in [-0.2, 0) is 19.2 Å². The van der Waals surface area contributed by atoms with E-state index in [4.69, 9.17) is 0 Å². The van der Waals surface area contributed by atoms with Crippen LogP contribution >= 0.6 is 0 Å². The molecular formula is C25H44N2O5. The lowest BCUT2D eigenvalue weighted by Crippen LogP contribution is -2.49. The van der Waals surface area contributed by atoms with Crippen molar-refractivity contribution in [3.05, 3.63) is 0 Å². The molecule has 1 fully saturated rings. The highest BCUT2D eigenvalue weighted by Gasteiger charge is 2.50.